The van der Waals surface area contributed by atoms with Crippen LogP contribution in [0.3, 0.4) is 0 Å². The van der Waals surface area contributed by atoms with Gasteiger partial charge in [0.2, 0.25) is 0 Å². The number of carbonyl (C=O) groups is 2. The second-order valence-corrected chi connectivity index (χ2v) is 21.1. The van der Waals surface area contributed by atoms with Crippen LogP contribution >= 0.6 is 0 Å². The maximum atomic E-state index is 13.4. The highest BCUT2D eigenvalue weighted by Gasteiger charge is 2.39. The largest absolute Gasteiger partial charge is 0.462 e. The summed E-state index contributed by atoms with van der Waals surface area (Å²) in [6.45, 7) is 8.74. The molecular formula is C54H99NO4. The van der Waals surface area contributed by atoms with Crippen LogP contribution in [0, 0.1) is 41.4 Å². The van der Waals surface area contributed by atoms with Gasteiger partial charge in [0.25, 0.3) is 0 Å². The Hall–Kier alpha value is -1.10. The molecule has 0 amide bonds. The van der Waals surface area contributed by atoms with Gasteiger partial charge in [-0.25, -0.2) is 0 Å². The molecule has 0 aromatic heterocycles. The summed E-state index contributed by atoms with van der Waals surface area (Å²) < 4.78 is 12.4. The predicted octanol–water partition coefficient (Wildman–Crippen LogP) is 15.6. The molecule has 0 bridgehead atoms. The van der Waals surface area contributed by atoms with Crippen molar-refractivity contribution in [3.63, 3.8) is 0 Å². The molecule has 3 saturated carbocycles. The lowest BCUT2D eigenvalue weighted by atomic mass is 9.93. The monoisotopic (exact) mass is 826 g/mol. The Morgan fingerprint density at radius 3 is 1.37 bits per heavy atom. The van der Waals surface area contributed by atoms with Crippen molar-refractivity contribution in [1.29, 1.82) is 0 Å². The topological polar surface area (TPSA) is 55.8 Å². The Morgan fingerprint density at radius 2 is 0.932 bits per heavy atom. The van der Waals surface area contributed by atoms with Gasteiger partial charge < -0.3 is 14.4 Å². The maximum absolute atomic E-state index is 13.4. The van der Waals surface area contributed by atoms with Crippen LogP contribution in [0.2, 0.25) is 0 Å². The highest BCUT2D eigenvalue weighted by molar-refractivity contribution is 5.73. The zero-order valence-electron chi connectivity index (χ0n) is 39.9. The van der Waals surface area contributed by atoms with Crippen molar-refractivity contribution >= 4 is 11.9 Å². The molecule has 3 aliphatic carbocycles. The SMILES string of the molecule is CCCCCCCCC1CC1CCCCCCCCC(CCCCCCCCC1CC1CCCCCCCC)OC(=O)CC1CCC(OC(=O)C2CCN(C)CC2)C1C. The summed E-state index contributed by atoms with van der Waals surface area (Å²) in [6, 6.07) is 0. The third-order valence-corrected chi connectivity index (χ3v) is 15.9. The third kappa shape index (κ3) is 22.2. The lowest BCUT2D eigenvalue weighted by Gasteiger charge is -2.29. The van der Waals surface area contributed by atoms with E-state index in [-0.39, 0.29) is 41.9 Å². The summed E-state index contributed by atoms with van der Waals surface area (Å²) in [5.41, 5.74) is 0. The Kier molecular flexibility index (Phi) is 26.4. The molecule has 5 nitrogen and oxygen atoms in total. The number of carbonyl (C=O) groups excluding carboxylic acids is 2. The van der Waals surface area contributed by atoms with E-state index < -0.39 is 0 Å². The number of rotatable bonds is 37. The van der Waals surface area contributed by atoms with Crippen LogP contribution in [0.25, 0.3) is 0 Å². The Bertz CT molecular complexity index is 1020. The molecule has 4 aliphatic rings. The summed E-state index contributed by atoms with van der Waals surface area (Å²) in [5.74, 6) is 4.70. The molecular weight excluding hydrogens is 727 g/mol. The van der Waals surface area contributed by atoms with Crippen LogP contribution in [0.1, 0.15) is 258 Å². The van der Waals surface area contributed by atoms with Crippen LogP contribution in [-0.2, 0) is 19.1 Å². The molecule has 344 valence electrons. The van der Waals surface area contributed by atoms with E-state index >= 15 is 0 Å². The van der Waals surface area contributed by atoms with Crippen molar-refractivity contribution in [2.75, 3.05) is 20.1 Å². The summed E-state index contributed by atoms with van der Waals surface area (Å²) in [6.07, 6.45) is 48.2. The number of likely N-dealkylation sites (tertiary alicyclic amines) is 1. The number of hydrogen-bond donors (Lipinski definition) is 0. The van der Waals surface area contributed by atoms with Gasteiger partial charge in [-0.3, -0.25) is 9.59 Å². The molecule has 7 atom stereocenters. The van der Waals surface area contributed by atoms with Gasteiger partial charge in [-0.05, 0) is 120 Å². The average molecular weight is 826 g/mol. The zero-order chi connectivity index (χ0) is 41.9. The highest BCUT2D eigenvalue weighted by Crippen LogP contribution is 2.47. The number of ether oxygens (including phenoxy) is 2. The van der Waals surface area contributed by atoms with E-state index in [4.69, 9.17) is 9.47 Å². The van der Waals surface area contributed by atoms with Gasteiger partial charge >= 0.3 is 11.9 Å². The van der Waals surface area contributed by atoms with E-state index in [1.54, 1.807) is 0 Å². The Balaban J connectivity index is 1.06. The molecule has 7 unspecified atom stereocenters. The smallest absolute Gasteiger partial charge is 0.309 e. The number of esters is 2. The highest BCUT2D eigenvalue weighted by atomic mass is 16.5. The van der Waals surface area contributed by atoms with E-state index in [0.29, 0.717) is 6.42 Å². The summed E-state index contributed by atoms with van der Waals surface area (Å²) in [4.78, 5) is 28.7. The second kappa shape index (κ2) is 30.9. The van der Waals surface area contributed by atoms with Gasteiger partial charge in [0.15, 0.2) is 0 Å². The first-order valence-corrected chi connectivity index (χ1v) is 27.0. The molecule has 4 rings (SSSR count). The van der Waals surface area contributed by atoms with Gasteiger partial charge in [-0.2, -0.15) is 0 Å². The van der Waals surface area contributed by atoms with Crippen LogP contribution in [0.15, 0.2) is 0 Å². The Morgan fingerprint density at radius 1 is 0.525 bits per heavy atom. The third-order valence-electron chi connectivity index (χ3n) is 15.9. The lowest BCUT2D eigenvalue weighted by Crippen LogP contribution is -2.36. The fourth-order valence-electron chi connectivity index (χ4n) is 11.2. The van der Waals surface area contributed by atoms with E-state index in [9.17, 15) is 9.59 Å². The number of piperidine rings is 1. The molecule has 0 aromatic carbocycles. The molecule has 1 saturated heterocycles. The van der Waals surface area contributed by atoms with E-state index in [2.05, 4.69) is 32.7 Å². The second-order valence-electron chi connectivity index (χ2n) is 21.1. The molecule has 0 N–H and O–H groups in total. The maximum Gasteiger partial charge on any atom is 0.309 e. The molecule has 1 heterocycles. The summed E-state index contributed by atoms with van der Waals surface area (Å²) in [7, 11) is 2.12. The van der Waals surface area contributed by atoms with Gasteiger partial charge in [-0.1, -0.05) is 188 Å². The van der Waals surface area contributed by atoms with Crippen LogP contribution in [0.4, 0.5) is 0 Å². The van der Waals surface area contributed by atoms with Crippen molar-refractivity contribution in [3.05, 3.63) is 0 Å². The first kappa shape index (κ1) is 50.5. The van der Waals surface area contributed by atoms with Gasteiger partial charge in [0.05, 0.1) is 5.92 Å². The molecule has 1 aliphatic heterocycles. The summed E-state index contributed by atoms with van der Waals surface area (Å²) in [5, 5.41) is 0. The van der Waals surface area contributed by atoms with Gasteiger partial charge in [0.1, 0.15) is 12.2 Å². The fourth-order valence-corrected chi connectivity index (χ4v) is 11.2. The molecule has 59 heavy (non-hydrogen) atoms. The van der Waals surface area contributed by atoms with Crippen LogP contribution in [0.5, 0.6) is 0 Å². The van der Waals surface area contributed by atoms with Crippen molar-refractivity contribution in [2.45, 2.75) is 271 Å². The van der Waals surface area contributed by atoms with Crippen molar-refractivity contribution in [3.8, 4) is 0 Å². The predicted molar refractivity (Wildman–Crippen MR) is 250 cm³/mol. The van der Waals surface area contributed by atoms with Crippen molar-refractivity contribution in [1.82, 2.24) is 4.90 Å². The molecule has 4 fully saturated rings. The first-order chi connectivity index (χ1) is 28.9. The van der Waals surface area contributed by atoms with Crippen LogP contribution in [-0.4, -0.2) is 49.2 Å². The minimum absolute atomic E-state index is 0.0102. The number of hydrogen-bond acceptors (Lipinski definition) is 5. The van der Waals surface area contributed by atoms with Gasteiger partial charge in [0, 0.05) is 6.42 Å². The number of unbranched alkanes of at least 4 members (excludes halogenated alkanes) is 20. The zero-order valence-corrected chi connectivity index (χ0v) is 39.9. The molecule has 0 aromatic rings. The lowest BCUT2D eigenvalue weighted by molar-refractivity contribution is -0.157. The van der Waals surface area contributed by atoms with Crippen LogP contribution < -0.4 is 0 Å². The minimum Gasteiger partial charge on any atom is -0.462 e. The minimum atomic E-state index is -0.0534. The Labute approximate surface area is 366 Å². The molecule has 5 heteroatoms. The molecule has 0 radical (unpaired) electrons. The van der Waals surface area contributed by atoms with Gasteiger partial charge in [-0.15, -0.1) is 0 Å². The average Bonchev–Trinajstić information content (AvgIpc) is 4.14. The normalized spacial score (nSPS) is 26.3. The molecule has 0 spiro atoms. The standard InChI is InChI=1S/C54H99NO4/c1-5-7-9-11-17-23-29-47-41-49(47)31-25-19-13-15-21-27-33-51(34-28-22-16-14-20-26-32-50-42-48(50)30-24-18-12-10-8-6-2)58-53(56)43-46-35-36-52(44(46)3)59-54(57)45-37-39-55(4)40-38-45/h44-52H,5-43H2,1-4H3. The first-order valence-electron chi connectivity index (χ1n) is 27.0. The quantitative estimate of drug-likeness (QED) is 0.0461. The van der Waals surface area contributed by atoms with Crippen molar-refractivity contribution < 1.29 is 19.1 Å². The summed E-state index contributed by atoms with van der Waals surface area (Å²) >= 11 is 0. The van der Waals surface area contributed by atoms with E-state index in [1.165, 1.54) is 193 Å². The van der Waals surface area contributed by atoms with E-state index in [0.717, 1.165) is 75.3 Å². The van der Waals surface area contributed by atoms with E-state index in [1.807, 2.05) is 0 Å². The van der Waals surface area contributed by atoms with Crippen molar-refractivity contribution in [2.24, 2.45) is 41.4 Å². The number of nitrogens with zero attached hydrogens (tertiary/aromatic N) is 1. The fraction of sp³-hybridized carbons (Fsp3) is 0.963.